The zero-order valence-corrected chi connectivity index (χ0v) is 24.7. The van der Waals surface area contributed by atoms with Crippen molar-refractivity contribution >= 4 is 11.9 Å². The highest BCUT2D eigenvalue weighted by Crippen LogP contribution is 2.35. The van der Waals surface area contributed by atoms with Crippen LogP contribution in [0.15, 0.2) is 61.7 Å². The zero-order chi connectivity index (χ0) is 30.5. The van der Waals surface area contributed by atoms with Crippen LogP contribution in [0, 0.1) is 11.6 Å². The lowest BCUT2D eigenvalue weighted by Crippen LogP contribution is -2.40. The van der Waals surface area contributed by atoms with Gasteiger partial charge in [-0.25, -0.2) is 14.0 Å². The van der Waals surface area contributed by atoms with Gasteiger partial charge in [-0.3, -0.25) is 0 Å². The van der Waals surface area contributed by atoms with Gasteiger partial charge in [0.25, 0.3) is 0 Å². The van der Waals surface area contributed by atoms with E-state index in [-0.39, 0.29) is 17.7 Å². The molecule has 2 rings (SSSR count). The van der Waals surface area contributed by atoms with Crippen LogP contribution in [0.25, 0.3) is 11.1 Å². The third-order valence-corrected chi connectivity index (χ3v) is 5.78. The van der Waals surface area contributed by atoms with Gasteiger partial charge in [0.2, 0.25) is 5.82 Å². The molecule has 0 aliphatic heterocycles. The molecule has 0 bridgehead atoms. The Hall–Kier alpha value is -3.68. The lowest BCUT2D eigenvalue weighted by molar-refractivity contribution is -0.155. The molecular formula is C32H40F2O6. The van der Waals surface area contributed by atoms with Crippen LogP contribution in [0.4, 0.5) is 8.78 Å². The van der Waals surface area contributed by atoms with Crippen LogP contribution in [-0.2, 0) is 19.1 Å². The van der Waals surface area contributed by atoms with E-state index in [0.717, 1.165) is 12.2 Å². The number of benzene rings is 2. The smallest absolute Gasteiger partial charge is 0.330 e. The number of rotatable bonds is 13. The van der Waals surface area contributed by atoms with E-state index in [1.807, 2.05) is 13.8 Å². The van der Waals surface area contributed by atoms with Crippen molar-refractivity contribution in [3.63, 3.8) is 0 Å². The van der Waals surface area contributed by atoms with Gasteiger partial charge in [0.1, 0.15) is 28.2 Å². The summed E-state index contributed by atoms with van der Waals surface area (Å²) >= 11 is 0. The maximum Gasteiger partial charge on any atom is 0.330 e. The molecule has 0 radical (unpaired) electrons. The predicted octanol–water partition coefficient (Wildman–Crippen LogP) is 7.74. The minimum absolute atomic E-state index is 0.0613. The largest absolute Gasteiger partial charge is 0.488 e. The summed E-state index contributed by atoms with van der Waals surface area (Å²) in [4.78, 5) is 23.2. The maximum absolute atomic E-state index is 15.2. The Kier molecular flexibility index (Phi) is 9.95. The number of hydrogen-bond acceptors (Lipinski definition) is 6. The second-order valence-corrected chi connectivity index (χ2v) is 12.1. The van der Waals surface area contributed by atoms with Gasteiger partial charge in [-0.05, 0) is 85.2 Å². The molecule has 2 aromatic rings. The first-order valence-corrected chi connectivity index (χ1v) is 13.0. The fourth-order valence-electron chi connectivity index (χ4n) is 4.98. The van der Waals surface area contributed by atoms with Gasteiger partial charge in [0.15, 0.2) is 11.6 Å². The van der Waals surface area contributed by atoms with Gasteiger partial charge in [-0.15, -0.1) is 0 Å². The van der Waals surface area contributed by atoms with E-state index in [9.17, 15) is 9.59 Å². The molecule has 8 heteroatoms. The van der Waals surface area contributed by atoms with Crippen molar-refractivity contribution in [2.75, 3.05) is 0 Å². The summed E-state index contributed by atoms with van der Waals surface area (Å²) in [5, 5.41) is 0. The van der Waals surface area contributed by atoms with Crippen molar-refractivity contribution in [1.29, 1.82) is 0 Å². The lowest BCUT2D eigenvalue weighted by atomic mass is 9.92. The van der Waals surface area contributed by atoms with Crippen LogP contribution in [0.2, 0.25) is 0 Å². The van der Waals surface area contributed by atoms with Crippen LogP contribution in [0.3, 0.4) is 0 Å². The normalized spacial score (nSPS) is 12.3. The highest BCUT2D eigenvalue weighted by Gasteiger charge is 2.35. The third-order valence-electron chi connectivity index (χ3n) is 5.78. The second kappa shape index (κ2) is 12.2. The summed E-state index contributed by atoms with van der Waals surface area (Å²) in [6.07, 6.45) is 2.79. The molecule has 0 N–H and O–H groups in total. The Labute approximate surface area is 236 Å². The fraction of sp³-hybridized carbons (Fsp3) is 0.438. The quantitative estimate of drug-likeness (QED) is 0.185. The van der Waals surface area contributed by atoms with Crippen LogP contribution in [0.5, 0.6) is 11.5 Å². The topological polar surface area (TPSA) is 71.1 Å². The van der Waals surface area contributed by atoms with Gasteiger partial charge < -0.3 is 18.9 Å². The number of carbonyl (C=O) groups is 2. The van der Waals surface area contributed by atoms with Gasteiger partial charge in [-0.2, -0.15) is 4.39 Å². The molecule has 0 amide bonds. The average molecular weight is 559 g/mol. The molecule has 0 aliphatic rings. The van der Waals surface area contributed by atoms with Crippen LogP contribution in [-0.4, -0.2) is 34.3 Å². The molecule has 0 spiro atoms. The Balaban J connectivity index is 2.17. The molecule has 2 aromatic carbocycles. The first-order chi connectivity index (χ1) is 18.3. The number of esters is 2. The fourth-order valence-corrected chi connectivity index (χ4v) is 4.98. The minimum Gasteiger partial charge on any atom is -0.488 e. The summed E-state index contributed by atoms with van der Waals surface area (Å²) < 4.78 is 52.9. The van der Waals surface area contributed by atoms with Crippen molar-refractivity contribution in [2.45, 2.75) is 90.6 Å². The molecule has 0 saturated carbocycles. The van der Waals surface area contributed by atoms with E-state index >= 15 is 8.78 Å². The molecule has 0 atom stereocenters. The van der Waals surface area contributed by atoms with E-state index in [1.54, 1.807) is 65.8 Å². The minimum atomic E-state index is -1.12. The summed E-state index contributed by atoms with van der Waals surface area (Å²) in [6, 6.07) is 9.41. The van der Waals surface area contributed by atoms with E-state index in [2.05, 4.69) is 13.2 Å². The first-order valence-electron chi connectivity index (χ1n) is 13.0. The number of halogens is 2. The second-order valence-electron chi connectivity index (χ2n) is 12.1. The molecule has 0 fully saturated rings. The van der Waals surface area contributed by atoms with E-state index < -0.39 is 46.0 Å². The average Bonchev–Trinajstić information content (AvgIpc) is 2.80. The highest BCUT2D eigenvalue weighted by molar-refractivity contribution is 5.82. The molecule has 0 unspecified atom stereocenters. The van der Waals surface area contributed by atoms with Crippen molar-refractivity contribution in [3.05, 3.63) is 73.3 Å². The maximum atomic E-state index is 15.2. The molecule has 0 heterocycles. The van der Waals surface area contributed by atoms with Crippen molar-refractivity contribution in [2.24, 2.45) is 0 Å². The molecule has 6 nitrogen and oxygen atoms in total. The van der Waals surface area contributed by atoms with E-state index in [0.29, 0.717) is 17.7 Å². The van der Waals surface area contributed by atoms with Crippen LogP contribution in [0.1, 0.15) is 68.2 Å². The molecular weight excluding hydrogens is 518 g/mol. The van der Waals surface area contributed by atoms with Gasteiger partial charge in [0, 0.05) is 30.6 Å². The van der Waals surface area contributed by atoms with E-state index in [1.165, 1.54) is 12.1 Å². The molecule has 0 aromatic heterocycles. The number of hydrogen-bond donors (Lipinski definition) is 0. The summed E-state index contributed by atoms with van der Waals surface area (Å²) in [6.45, 7) is 20.9. The predicted molar refractivity (Wildman–Crippen MR) is 151 cm³/mol. The summed E-state index contributed by atoms with van der Waals surface area (Å²) in [5.41, 5.74) is -2.89. The number of ether oxygens (including phenoxy) is 4. The monoisotopic (exact) mass is 558 g/mol. The molecule has 0 saturated heterocycles. The third kappa shape index (κ3) is 9.50. The van der Waals surface area contributed by atoms with E-state index in [4.69, 9.17) is 18.9 Å². The summed E-state index contributed by atoms with van der Waals surface area (Å²) in [5.74, 6) is -3.01. The lowest BCUT2D eigenvalue weighted by Gasteiger charge is -2.35. The van der Waals surface area contributed by atoms with Gasteiger partial charge in [-0.1, -0.05) is 25.3 Å². The van der Waals surface area contributed by atoms with Gasteiger partial charge in [0.05, 0.1) is 0 Å². The Morgan fingerprint density at radius 2 is 1.12 bits per heavy atom. The Morgan fingerprint density at radius 1 is 0.675 bits per heavy atom. The molecule has 40 heavy (non-hydrogen) atoms. The standard InChI is InChI=1S/C32H40F2O6/c1-11-25(35)39-31(7,8)19-29(3,4)37-22-15-13-21(14-16-22)23-17-18-24(28(34)27(23)33)38-30(5,6)20-32(9,10)40-26(36)12-2/h11-18H,1-2,19-20H2,3-10H3. The molecule has 0 aliphatic carbocycles. The zero-order valence-electron chi connectivity index (χ0n) is 24.7. The molecule has 218 valence electrons. The first kappa shape index (κ1) is 32.5. The highest BCUT2D eigenvalue weighted by atomic mass is 19.2. The summed E-state index contributed by atoms with van der Waals surface area (Å²) in [7, 11) is 0. The number of carbonyl (C=O) groups excluding carboxylic acids is 2. The van der Waals surface area contributed by atoms with Crippen LogP contribution < -0.4 is 9.47 Å². The Morgan fingerprint density at radius 3 is 1.57 bits per heavy atom. The van der Waals surface area contributed by atoms with Crippen LogP contribution >= 0.6 is 0 Å². The van der Waals surface area contributed by atoms with Crippen molar-refractivity contribution in [1.82, 2.24) is 0 Å². The van der Waals surface area contributed by atoms with Crippen molar-refractivity contribution < 1.29 is 37.3 Å². The van der Waals surface area contributed by atoms with Crippen molar-refractivity contribution in [3.8, 4) is 22.6 Å². The Bertz CT molecular complexity index is 1240. The SMILES string of the molecule is C=CC(=O)OC(C)(C)CC(C)(C)Oc1ccc(-c2ccc(OC(C)(C)CC(C)(C)OC(=O)C=C)c(F)c2F)cc1. The van der Waals surface area contributed by atoms with Gasteiger partial charge >= 0.3 is 11.9 Å².